The minimum atomic E-state index is 0.387. The molecule has 16 heavy (non-hydrogen) atoms. The van der Waals surface area contributed by atoms with Crippen molar-refractivity contribution in [2.75, 3.05) is 26.3 Å². The summed E-state index contributed by atoms with van der Waals surface area (Å²) >= 11 is 0. The zero-order valence-electron chi connectivity index (χ0n) is 10.4. The topological polar surface area (TPSA) is 38.5 Å². The maximum atomic E-state index is 6.35. The van der Waals surface area contributed by atoms with E-state index in [1.54, 1.807) is 0 Å². The van der Waals surface area contributed by atoms with Gasteiger partial charge in [-0.15, -0.1) is 0 Å². The Morgan fingerprint density at radius 3 is 2.56 bits per heavy atom. The molecule has 2 N–H and O–H groups in total. The summed E-state index contributed by atoms with van der Waals surface area (Å²) in [6, 6.07) is 1.00. The van der Waals surface area contributed by atoms with Gasteiger partial charge in [0.1, 0.15) is 0 Å². The highest BCUT2D eigenvalue weighted by molar-refractivity contribution is 4.84. The van der Waals surface area contributed by atoms with Crippen LogP contribution in [0.3, 0.4) is 0 Å². The van der Waals surface area contributed by atoms with Crippen molar-refractivity contribution in [3.05, 3.63) is 0 Å². The summed E-state index contributed by atoms with van der Waals surface area (Å²) in [7, 11) is 0. The van der Waals surface area contributed by atoms with Crippen molar-refractivity contribution in [1.29, 1.82) is 0 Å². The van der Waals surface area contributed by atoms with Gasteiger partial charge < -0.3 is 10.5 Å². The summed E-state index contributed by atoms with van der Waals surface area (Å²) in [6.07, 6.45) is 9.13. The van der Waals surface area contributed by atoms with Gasteiger partial charge in [-0.05, 0) is 19.3 Å². The van der Waals surface area contributed by atoms with Crippen molar-refractivity contribution in [3.63, 3.8) is 0 Å². The molecule has 0 bridgehead atoms. The molecule has 2 fully saturated rings. The fourth-order valence-electron chi connectivity index (χ4n) is 3.04. The van der Waals surface area contributed by atoms with Gasteiger partial charge in [-0.2, -0.15) is 0 Å². The number of ether oxygens (including phenoxy) is 1. The van der Waals surface area contributed by atoms with Gasteiger partial charge in [-0.25, -0.2) is 0 Å². The first-order chi connectivity index (χ1) is 7.88. The molecule has 3 heteroatoms. The summed E-state index contributed by atoms with van der Waals surface area (Å²) in [5, 5.41) is 0. The van der Waals surface area contributed by atoms with Crippen LogP contribution < -0.4 is 5.73 Å². The summed E-state index contributed by atoms with van der Waals surface area (Å²) in [4.78, 5) is 2.59. The Balaban J connectivity index is 1.91. The van der Waals surface area contributed by atoms with E-state index in [1.165, 1.54) is 51.5 Å². The minimum Gasteiger partial charge on any atom is -0.380 e. The quantitative estimate of drug-likeness (QED) is 0.740. The fraction of sp³-hybridized carbons (Fsp3) is 1.00. The Morgan fingerprint density at radius 2 is 1.69 bits per heavy atom. The van der Waals surface area contributed by atoms with E-state index in [2.05, 4.69) is 4.90 Å². The lowest BCUT2D eigenvalue weighted by molar-refractivity contribution is 0.118. The van der Waals surface area contributed by atoms with E-state index in [4.69, 9.17) is 10.5 Å². The summed E-state index contributed by atoms with van der Waals surface area (Å²) < 4.78 is 5.52. The number of nitrogens with zero attached hydrogens (tertiary/aromatic N) is 1. The third kappa shape index (κ3) is 3.44. The molecule has 1 saturated carbocycles. The Labute approximate surface area is 99.3 Å². The first kappa shape index (κ1) is 12.3. The standard InChI is InChI=1S/C13H26N2O/c14-12-6-3-1-2-4-7-13(12)15-8-5-10-16-11-9-15/h12-13H,1-11,14H2. The van der Waals surface area contributed by atoms with Gasteiger partial charge in [0.2, 0.25) is 0 Å². The van der Waals surface area contributed by atoms with Gasteiger partial charge in [0, 0.05) is 31.8 Å². The smallest absolute Gasteiger partial charge is 0.0593 e. The summed E-state index contributed by atoms with van der Waals surface area (Å²) in [6.45, 7) is 4.08. The Bertz CT molecular complexity index is 190. The highest BCUT2D eigenvalue weighted by atomic mass is 16.5. The van der Waals surface area contributed by atoms with Crippen LogP contribution in [-0.4, -0.2) is 43.3 Å². The minimum absolute atomic E-state index is 0.387. The molecule has 2 unspecified atom stereocenters. The van der Waals surface area contributed by atoms with Crippen molar-refractivity contribution in [3.8, 4) is 0 Å². The predicted molar refractivity (Wildman–Crippen MR) is 66.5 cm³/mol. The molecule has 2 aliphatic rings. The highest BCUT2D eigenvalue weighted by Crippen LogP contribution is 2.21. The van der Waals surface area contributed by atoms with Gasteiger partial charge in [-0.1, -0.05) is 25.7 Å². The molecule has 0 aromatic rings. The van der Waals surface area contributed by atoms with Crippen molar-refractivity contribution < 1.29 is 4.74 Å². The van der Waals surface area contributed by atoms with Crippen molar-refractivity contribution in [1.82, 2.24) is 4.90 Å². The molecule has 3 nitrogen and oxygen atoms in total. The third-order valence-corrected chi connectivity index (χ3v) is 4.01. The molecule has 0 aromatic heterocycles. The zero-order valence-corrected chi connectivity index (χ0v) is 10.4. The second kappa shape index (κ2) is 6.58. The van der Waals surface area contributed by atoms with Gasteiger partial charge in [-0.3, -0.25) is 4.90 Å². The van der Waals surface area contributed by atoms with E-state index in [9.17, 15) is 0 Å². The average molecular weight is 226 g/mol. The van der Waals surface area contributed by atoms with Crippen LogP contribution in [0.1, 0.15) is 44.9 Å². The van der Waals surface area contributed by atoms with Crippen LogP contribution in [0.5, 0.6) is 0 Å². The molecule has 94 valence electrons. The lowest BCUT2D eigenvalue weighted by Gasteiger charge is -2.35. The van der Waals surface area contributed by atoms with Crippen molar-refractivity contribution in [2.24, 2.45) is 5.73 Å². The molecule has 2 rings (SSSR count). The molecular formula is C13H26N2O. The van der Waals surface area contributed by atoms with Crippen LogP contribution in [0, 0.1) is 0 Å². The molecule has 1 aliphatic heterocycles. The van der Waals surface area contributed by atoms with E-state index < -0.39 is 0 Å². The third-order valence-electron chi connectivity index (χ3n) is 4.01. The van der Waals surface area contributed by atoms with E-state index in [-0.39, 0.29) is 0 Å². The van der Waals surface area contributed by atoms with Gasteiger partial charge >= 0.3 is 0 Å². The van der Waals surface area contributed by atoms with E-state index in [1.807, 2.05) is 0 Å². The average Bonchev–Trinajstić information content (AvgIpc) is 2.53. The second-order valence-corrected chi connectivity index (χ2v) is 5.22. The normalized spacial score (nSPS) is 35.1. The second-order valence-electron chi connectivity index (χ2n) is 5.22. The first-order valence-electron chi connectivity index (χ1n) is 6.95. The Kier molecular flexibility index (Phi) is 5.07. The van der Waals surface area contributed by atoms with E-state index >= 15 is 0 Å². The molecule has 0 amide bonds. The van der Waals surface area contributed by atoms with Crippen LogP contribution in [0.15, 0.2) is 0 Å². The van der Waals surface area contributed by atoms with Gasteiger partial charge in [0.25, 0.3) is 0 Å². The van der Waals surface area contributed by atoms with Crippen molar-refractivity contribution in [2.45, 2.75) is 57.0 Å². The van der Waals surface area contributed by atoms with Crippen LogP contribution in [0.25, 0.3) is 0 Å². The van der Waals surface area contributed by atoms with Crippen LogP contribution in [-0.2, 0) is 4.74 Å². The lowest BCUT2D eigenvalue weighted by Crippen LogP contribution is -2.49. The molecular weight excluding hydrogens is 200 g/mol. The number of hydrogen-bond acceptors (Lipinski definition) is 3. The highest BCUT2D eigenvalue weighted by Gasteiger charge is 2.26. The summed E-state index contributed by atoms with van der Waals surface area (Å²) in [5.74, 6) is 0. The van der Waals surface area contributed by atoms with Gasteiger partial charge in [0.05, 0.1) is 6.61 Å². The molecule has 1 saturated heterocycles. The Morgan fingerprint density at radius 1 is 0.875 bits per heavy atom. The van der Waals surface area contributed by atoms with Crippen LogP contribution in [0.4, 0.5) is 0 Å². The molecule has 1 heterocycles. The maximum Gasteiger partial charge on any atom is 0.0593 e. The van der Waals surface area contributed by atoms with E-state index in [0.29, 0.717) is 12.1 Å². The summed E-state index contributed by atoms with van der Waals surface area (Å²) in [5.41, 5.74) is 6.35. The van der Waals surface area contributed by atoms with Crippen molar-refractivity contribution >= 4 is 0 Å². The lowest BCUT2D eigenvalue weighted by atomic mass is 9.91. The maximum absolute atomic E-state index is 6.35. The van der Waals surface area contributed by atoms with E-state index in [0.717, 1.165) is 19.8 Å². The molecule has 1 aliphatic carbocycles. The molecule has 0 aromatic carbocycles. The SMILES string of the molecule is NC1CCCCCCC1N1CCCOCC1. The Hall–Kier alpha value is -0.120. The number of hydrogen-bond donors (Lipinski definition) is 1. The zero-order chi connectivity index (χ0) is 11.2. The molecule has 0 spiro atoms. The largest absolute Gasteiger partial charge is 0.380 e. The number of rotatable bonds is 1. The molecule has 2 atom stereocenters. The monoisotopic (exact) mass is 226 g/mol. The van der Waals surface area contributed by atoms with Crippen LogP contribution >= 0.6 is 0 Å². The van der Waals surface area contributed by atoms with Crippen LogP contribution in [0.2, 0.25) is 0 Å². The molecule has 0 radical (unpaired) electrons. The van der Waals surface area contributed by atoms with Gasteiger partial charge in [0.15, 0.2) is 0 Å². The fourth-order valence-corrected chi connectivity index (χ4v) is 3.04. The predicted octanol–water partition coefficient (Wildman–Crippen LogP) is 1.76. The number of nitrogens with two attached hydrogens (primary N) is 1. The first-order valence-corrected chi connectivity index (χ1v) is 6.95.